The van der Waals surface area contributed by atoms with E-state index in [-0.39, 0.29) is 12.6 Å². The Morgan fingerprint density at radius 1 is 1.41 bits per heavy atom. The second-order valence-corrected chi connectivity index (χ2v) is 7.53. The van der Waals surface area contributed by atoms with E-state index >= 15 is 0 Å². The normalized spacial score (nSPS) is 13.4. The lowest BCUT2D eigenvalue weighted by atomic mass is 9.95. The first kappa shape index (κ1) is 21.5. The predicted molar refractivity (Wildman–Crippen MR) is 114 cm³/mol. The number of hydrogen-bond donors (Lipinski definition) is 2. The molecule has 9 nitrogen and oxygen atoms in total. The second kappa shape index (κ2) is 8.78. The van der Waals surface area contributed by atoms with Crippen molar-refractivity contribution in [3.05, 3.63) is 69.9 Å². The maximum Gasteiger partial charge on any atom is 0.338 e. The van der Waals surface area contributed by atoms with E-state index < -0.39 is 6.10 Å². The molecular weight excluding hydrogens is 410 g/mol. The van der Waals surface area contributed by atoms with E-state index in [0.717, 1.165) is 28.2 Å². The number of aliphatic hydroxyl groups is 1. The molecule has 0 unspecified atom stereocenters. The number of hydrogen-bond acceptors (Lipinski definition) is 8. The second-order valence-electron chi connectivity index (χ2n) is 7.53. The van der Waals surface area contributed by atoms with Gasteiger partial charge in [-0.1, -0.05) is 6.07 Å². The lowest BCUT2D eigenvalue weighted by Gasteiger charge is -2.16. The Labute approximate surface area is 185 Å². The molecule has 0 fully saturated rings. The van der Waals surface area contributed by atoms with Crippen LogP contribution in [0.5, 0.6) is 5.75 Å². The van der Waals surface area contributed by atoms with Gasteiger partial charge in [0.15, 0.2) is 0 Å². The predicted octanol–water partition coefficient (Wildman–Crippen LogP) is 2.26. The monoisotopic (exact) mass is 433 g/mol. The number of aromatic nitrogens is 3. The van der Waals surface area contributed by atoms with Gasteiger partial charge in [0.05, 0.1) is 30.7 Å². The summed E-state index contributed by atoms with van der Waals surface area (Å²) in [4.78, 5) is 20.6. The van der Waals surface area contributed by atoms with Crippen molar-refractivity contribution in [2.24, 2.45) is 0 Å². The average molecular weight is 433 g/mol. The number of carbonyl (C=O) groups excluding carboxylic acids is 1. The van der Waals surface area contributed by atoms with Crippen molar-refractivity contribution in [1.82, 2.24) is 19.9 Å². The Hall–Kier alpha value is -3.74. The number of rotatable bonds is 7. The fourth-order valence-corrected chi connectivity index (χ4v) is 3.84. The lowest BCUT2D eigenvalue weighted by Crippen LogP contribution is -2.22. The van der Waals surface area contributed by atoms with Crippen molar-refractivity contribution < 1.29 is 19.4 Å². The van der Waals surface area contributed by atoms with Crippen molar-refractivity contribution in [3.63, 3.8) is 0 Å². The van der Waals surface area contributed by atoms with Gasteiger partial charge in [0, 0.05) is 30.9 Å². The number of esters is 1. The van der Waals surface area contributed by atoms with Gasteiger partial charge in [0.1, 0.15) is 35.6 Å². The van der Waals surface area contributed by atoms with Gasteiger partial charge in [0.25, 0.3) is 0 Å². The van der Waals surface area contributed by atoms with Gasteiger partial charge in [-0.05, 0) is 31.0 Å². The third-order valence-corrected chi connectivity index (χ3v) is 5.58. The maximum atomic E-state index is 11.7. The van der Waals surface area contributed by atoms with E-state index in [9.17, 15) is 9.90 Å². The van der Waals surface area contributed by atoms with Crippen LogP contribution in [0.25, 0.3) is 5.82 Å². The highest BCUT2D eigenvalue weighted by Crippen LogP contribution is 2.29. The van der Waals surface area contributed by atoms with Gasteiger partial charge < -0.3 is 19.9 Å². The minimum atomic E-state index is -0.733. The Morgan fingerprint density at radius 3 is 2.97 bits per heavy atom. The summed E-state index contributed by atoms with van der Waals surface area (Å²) in [5.41, 5.74) is 4.20. The SMILES string of the molecule is COc1cc(-n2cc(CNC[C@H](O)c3ccc4c(c3C)COC4=O)nc2C)ncc1C#N. The summed E-state index contributed by atoms with van der Waals surface area (Å²) in [5, 5.41) is 23.0. The van der Waals surface area contributed by atoms with Gasteiger partial charge in [-0.2, -0.15) is 5.26 Å². The fourth-order valence-electron chi connectivity index (χ4n) is 3.84. The molecule has 0 saturated carbocycles. The number of nitrogens with zero attached hydrogens (tertiary/aromatic N) is 4. The summed E-state index contributed by atoms with van der Waals surface area (Å²) < 4.78 is 12.2. The van der Waals surface area contributed by atoms with Gasteiger partial charge in [0.2, 0.25) is 0 Å². The molecule has 0 spiro atoms. The van der Waals surface area contributed by atoms with E-state index in [0.29, 0.717) is 35.8 Å². The fraction of sp³-hybridized carbons (Fsp3) is 0.304. The summed E-state index contributed by atoms with van der Waals surface area (Å²) in [6.45, 7) is 4.78. The molecule has 0 radical (unpaired) electrons. The number of imidazole rings is 1. The number of methoxy groups -OCH3 is 1. The Balaban J connectivity index is 1.43. The van der Waals surface area contributed by atoms with E-state index in [1.807, 2.05) is 30.7 Å². The van der Waals surface area contributed by atoms with Crippen molar-refractivity contribution >= 4 is 5.97 Å². The highest BCUT2D eigenvalue weighted by atomic mass is 16.5. The molecule has 2 N–H and O–H groups in total. The molecule has 0 bridgehead atoms. The Bertz CT molecular complexity index is 1230. The molecule has 32 heavy (non-hydrogen) atoms. The van der Waals surface area contributed by atoms with Crippen LogP contribution < -0.4 is 10.1 Å². The van der Waals surface area contributed by atoms with E-state index in [2.05, 4.69) is 15.3 Å². The van der Waals surface area contributed by atoms with Crippen molar-refractivity contribution in [1.29, 1.82) is 5.26 Å². The topological polar surface area (TPSA) is 122 Å². The molecule has 1 aliphatic heterocycles. The number of aryl methyl sites for hydroxylation is 1. The van der Waals surface area contributed by atoms with Gasteiger partial charge >= 0.3 is 5.97 Å². The summed E-state index contributed by atoms with van der Waals surface area (Å²) in [7, 11) is 1.51. The first-order valence-corrected chi connectivity index (χ1v) is 10.1. The first-order chi connectivity index (χ1) is 15.4. The molecule has 0 saturated heterocycles. The Kier molecular flexibility index (Phi) is 5.90. The van der Waals surface area contributed by atoms with Crippen LogP contribution in [-0.4, -0.2) is 39.3 Å². The third kappa shape index (κ3) is 3.93. The van der Waals surface area contributed by atoms with Crippen LogP contribution in [0.1, 0.15) is 50.2 Å². The quantitative estimate of drug-likeness (QED) is 0.544. The van der Waals surface area contributed by atoms with Crippen molar-refractivity contribution in [2.75, 3.05) is 13.7 Å². The molecule has 1 aromatic carbocycles. The van der Waals surface area contributed by atoms with Crippen molar-refractivity contribution in [3.8, 4) is 17.6 Å². The number of pyridine rings is 1. The van der Waals surface area contributed by atoms with Crippen molar-refractivity contribution in [2.45, 2.75) is 33.1 Å². The molecule has 0 amide bonds. The number of ether oxygens (including phenoxy) is 2. The largest absolute Gasteiger partial charge is 0.495 e. The molecular formula is C23H23N5O4. The molecule has 164 valence electrons. The summed E-state index contributed by atoms with van der Waals surface area (Å²) >= 11 is 0. The zero-order valence-electron chi connectivity index (χ0n) is 18.0. The van der Waals surface area contributed by atoms with Crippen LogP contribution in [0.2, 0.25) is 0 Å². The van der Waals surface area contributed by atoms with E-state index in [4.69, 9.17) is 14.7 Å². The number of cyclic esters (lactones) is 1. The van der Waals surface area contributed by atoms with Crippen LogP contribution in [0.3, 0.4) is 0 Å². The smallest absolute Gasteiger partial charge is 0.338 e. The Morgan fingerprint density at radius 2 is 2.22 bits per heavy atom. The highest BCUT2D eigenvalue weighted by molar-refractivity contribution is 5.93. The first-order valence-electron chi connectivity index (χ1n) is 10.1. The van der Waals surface area contributed by atoms with Gasteiger partial charge in [-0.15, -0.1) is 0 Å². The van der Waals surface area contributed by atoms with Crippen LogP contribution in [0, 0.1) is 25.2 Å². The molecule has 2 aromatic heterocycles. The standard InChI is InChI=1S/C23H23N5O4/c1-13-17(4-5-18-19(13)12-32-23(18)30)20(29)10-25-9-16-11-28(14(2)27-16)22-6-21(31-3)15(7-24)8-26-22/h4-6,8,11,20,25,29H,9-10,12H2,1-3H3/t20-/m0/s1. The number of aliphatic hydroxyl groups excluding tert-OH is 1. The minimum Gasteiger partial charge on any atom is -0.495 e. The number of nitriles is 1. The lowest BCUT2D eigenvalue weighted by molar-refractivity contribution is 0.0535. The average Bonchev–Trinajstić information content (AvgIpc) is 3.36. The molecule has 0 aliphatic carbocycles. The van der Waals surface area contributed by atoms with Crippen LogP contribution in [-0.2, 0) is 17.9 Å². The third-order valence-electron chi connectivity index (χ3n) is 5.58. The summed E-state index contributed by atoms with van der Waals surface area (Å²) in [6, 6.07) is 7.22. The highest BCUT2D eigenvalue weighted by Gasteiger charge is 2.25. The van der Waals surface area contributed by atoms with E-state index in [1.165, 1.54) is 13.3 Å². The molecule has 3 aromatic rings. The number of fused-ring (bicyclic) bond motifs is 1. The molecule has 1 aliphatic rings. The number of benzene rings is 1. The number of nitrogens with one attached hydrogen (secondary N) is 1. The van der Waals surface area contributed by atoms with E-state index in [1.54, 1.807) is 18.2 Å². The zero-order chi connectivity index (χ0) is 22.8. The minimum absolute atomic E-state index is 0.249. The molecule has 4 rings (SSSR count). The zero-order valence-corrected chi connectivity index (χ0v) is 18.0. The maximum absolute atomic E-state index is 11.7. The summed E-state index contributed by atoms with van der Waals surface area (Å²) in [5.74, 6) is 1.47. The molecule has 1 atom stereocenters. The summed E-state index contributed by atoms with van der Waals surface area (Å²) in [6.07, 6.45) is 2.59. The molecule has 3 heterocycles. The molecule has 9 heteroatoms. The number of carbonyl (C=O) groups is 1. The van der Waals surface area contributed by atoms with Gasteiger partial charge in [-0.3, -0.25) is 4.57 Å². The van der Waals surface area contributed by atoms with Gasteiger partial charge in [-0.25, -0.2) is 14.8 Å². The van der Waals surface area contributed by atoms with Crippen LogP contribution in [0.15, 0.2) is 30.6 Å². The van der Waals surface area contributed by atoms with Crippen LogP contribution in [0.4, 0.5) is 0 Å². The van der Waals surface area contributed by atoms with Crippen LogP contribution >= 0.6 is 0 Å².